The van der Waals surface area contributed by atoms with Crippen molar-refractivity contribution >= 4 is 37.4 Å². The van der Waals surface area contributed by atoms with Gasteiger partial charge < -0.3 is 0 Å². The maximum Gasteiger partial charge on any atom is 0.128 e. The lowest BCUT2D eigenvalue weighted by molar-refractivity contribution is 0.612. The fourth-order valence-corrected chi connectivity index (χ4v) is 4.11. The first kappa shape index (κ1) is 12.8. The zero-order valence-electron chi connectivity index (χ0n) is 10.4. The van der Waals surface area contributed by atoms with Gasteiger partial charge in [-0.25, -0.2) is 4.39 Å². The highest BCUT2D eigenvalue weighted by Crippen LogP contribution is 2.39. The predicted octanol–water partition coefficient (Wildman–Crippen LogP) is 5.83. The van der Waals surface area contributed by atoms with Crippen LogP contribution in [0.2, 0.25) is 0 Å². The molecule has 0 aliphatic carbocycles. The third kappa shape index (κ3) is 2.33. The van der Waals surface area contributed by atoms with Gasteiger partial charge in [0.05, 0.1) is 4.83 Å². The molecule has 3 rings (SSSR count). The number of thiophene rings is 1. The van der Waals surface area contributed by atoms with Gasteiger partial charge >= 0.3 is 0 Å². The zero-order valence-corrected chi connectivity index (χ0v) is 12.8. The molecule has 0 saturated carbocycles. The molecule has 0 nitrogen and oxygen atoms in total. The van der Waals surface area contributed by atoms with Crippen molar-refractivity contribution in [2.75, 3.05) is 0 Å². The van der Waals surface area contributed by atoms with E-state index in [0.717, 1.165) is 11.1 Å². The van der Waals surface area contributed by atoms with Crippen LogP contribution in [0.15, 0.2) is 47.8 Å². The molecule has 3 aromatic rings. The van der Waals surface area contributed by atoms with Crippen LogP contribution in [0.5, 0.6) is 0 Å². The van der Waals surface area contributed by atoms with E-state index in [-0.39, 0.29) is 10.6 Å². The van der Waals surface area contributed by atoms with Gasteiger partial charge in [0.15, 0.2) is 0 Å². The second kappa shape index (κ2) is 5.06. The fraction of sp³-hybridized carbons (Fsp3) is 0.125. The van der Waals surface area contributed by atoms with Crippen LogP contribution in [-0.4, -0.2) is 0 Å². The molecule has 2 aromatic carbocycles. The average Bonchev–Trinajstić information content (AvgIpc) is 2.82. The molecule has 1 unspecified atom stereocenters. The van der Waals surface area contributed by atoms with Gasteiger partial charge in [-0.3, -0.25) is 0 Å². The Balaban J connectivity index is 2.10. The van der Waals surface area contributed by atoms with Crippen molar-refractivity contribution in [2.45, 2.75) is 11.8 Å². The minimum absolute atomic E-state index is 0.107. The van der Waals surface area contributed by atoms with Crippen LogP contribution in [0.25, 0.3) is 10.1 Å². The van der Waals surface area contributed by atoms with Gasteiger partial charge in [0.1, 0.15) is 5.82 Å². The van der Waals surface area contributed by atoms with Gasteiger partial charge in [0, 0.05) is 10.3 Å². The van der Waals surface area contributed by atoms with Gasteiger partial charge in [0.2, 0.25) is 0 Å². The molecule has 0 N–H and O–H groups in total. The third-order valence-electron chi connectivity index (χ3n) is 3.21. The molecule has 0 radical (unpaired) electrons. The Morgan fingerprint density at radius 2 is 1.89 bits per heavy atom. The van der Waals surface area contributed by atoms with Crippen LogP contribution in [0, 0.1) is 12.7 Å². The topological polar surface area (TPSA) is 0 Å². The first-order valence-electron chi connectivity index (χ1n) is 6.03. The van der Waals surface area contributed by atoms with Crippen molar-refractivity contribution in [3.05, 3.63) is 70.4 Å². The van der Waals surface area contributed by atoms with E-state index in [1.54, 1.807) is 17.4 Å². The first-order chi connectivity index (χ1) is 9.16. The van der Waals surface area contributed by atoms with E-state index in [9.17, 15) is 4.39 Å². The Bertz CT molecular complexity index is 732. The molecular weight excluding hydrogens is 323 g/mol. The highest BCUT2D eigenvalue weighted by Gasteiger charge is 2.18. The van der Waals surface area contributed by atoms with Gasteiger partial charge in [-0.2, -0.15) is 0 Å². The second-order valence-electron chi connectivity index (χ2n) is 4.57. The van der Waals surface area contributed by atoms with Crippen LogP contribution in [0.4, 0.5) is 4.39 Å². The minimum atomic E-state index is -0.155. The molecule has 1 aromatic heterocycles. The second-order valence-corrected chi connectivity index (χ2v) is 6.40. The molecule has 1 heterocycles. The average molecular weight is 335 g/mol. The molecule has 0 bridgehead atoms. The summed E-state index contributed by atoms with van der Waals surface area (Å²) in [6, 6.07) is 13.6. The third-order valence-corrected chi connectivity index (χ3v) is 5.18. The Labute approximate surface area is 124 Å². The molecule has 0 aliphatic rings. The van der Waals surface area contributed by atoms with E-state index in [1.807, 2.05) is 31.2 Å². The minimum Gasteiger partial charge on any atom is -0.207 e. The highest BCUT2D eigenvalue weighted by molar-refractivity contribution is 9.09. The van der Waals surface area contributed by atoms with Crippen LogP contribution < -0.4 is 0 Å². The summed E-state index contributed by atoms with van der Waals surface area (Å²) in [6.45, 7) is 1.90. The number of rotatable bonds is 2. The van der Waals surface area contributed by atoms with Crippen molar-refractivity contribution in [3.8, 4) is 0 Å². The zero-order chi connectivity index (χ0) is 13.4. The molecule has 1 atom stereocenters. The lowest BCUT2D eigenvalue weighted by Gasteiger charge is -2.11. The number of benzene rings is 2. The molecule has 0 spiro atoms. The van der Waals surface area contributed by atoms with E-state index in [0.29, 0.717) is 5.56 Å². The number of hydrogen-bond donors (Lipinski definition) is 0. The number of hydrogen-bond acceptors (Lipinski definition) is 1. The van der Waals surface area contributed by atoms with E-state index in [1.165, 1.54) is 10.1 Å². The molecule has 0 fully saturated rings. The van der Waals surface area contributed by atoms with Gasteiger partial charge in [-0.15, -0.1) is 11.3 Å². The van der Waals surface area contributed by atoms with Crippen LogP contribution in [-0.2, 0) is 0 Å². The largest absolute Gasteiger partial charge is 0.207 e. The first-order valence-corrected chi connectivity index (χ1v) is 7.82. The van der Waals surface area contributed by atoms with Crippen molar-refractivity contribution in [1.29, 1.82) is 0 Å². The van der Waals surface area contributed by atoms with Gasteiger partial charge in [0.25, 0.3) is 0 Å². The van der Waals surface area contributed by atoms with Crippen LogP contribution >= 0.6 is 27.3 Å². The Hall–Kier alpha value is -1.19. The Kier molecular flexibility index (Phi) is 3.42. The summed E-state index contributed by atoms with van der Waals surface area (Å²) in [6.07, 6.45) is 0. The molecule has 3 heteroatoms. The summed E-state index contributed by atoms with van der Waals surface area (Å²) >= 11 is 5.33. The van der Waals surface area contributed by atoms with E-state index >= 15 is 0 Å². The predicted molar refractivity (Wildman–Crippen MR) is 83.7 cm³/mol. The Morgan fingerprint density at radius 1 is 1.11 bits per heavy atom. The van der Waals surface area contributed by atoms with Crippen molar-refractivity contribution in [3.63, 3.8) is 0 Å². The maximum atomic E-state index is 14.1. The maximum absolute atomic E-state index is 14.1. The number of fused-ring (bicyclic) bond motifs is 1. The molecule has 19 heavy (non-hydrogen) atoms. The molecule has 0 amide bonds. The molecule has 0 saturated heterocycles. The Morgan fingerprint density at radius 3 is 2.68 bits per heavy atom. The number of aryl methyl sites for hydroxylation is 1. The van der Waals surface area contributed by atoms with Crippen LogP contribution in [0.1, 0.15) is 21.5 Å². The number of alkyl halides is 1. The van der Waals surface area contributed by atoms with Gasteiger partial charge in [-0.1, -0.05) is 46.3 Å². The van der Waals surface area contributed by atoms with Crippen molar-refractivity contribution < 1.29 is 4.39 Å². The van der Waals surface area contributed by atoms with E-state index < -0.39 is 0 Å². The lowest BCUT2D eigenvalue weighted by atomic mass is 10.0. The molecular formula is C16H12BrFS. The van der Waals surface area contributed by atoms with E-state index in [2.05, 4.69) is 33.4 Å². The van der Waals surface area contributed by atoms with Crippen LogP contribution in [0.3, 0.4) is 0 Å². The summed E-state index contributed by atoms with van der Waals surface area (Å²) in [5, 5.41) is 3.29. The number of halogens is 2. The van der Waals surface area contributed by atoms with E-state index in [4.69, 9.17) is 0 Å². The monoisotopic (exact) mass is 334 g/mol. The standard InChI is InChI=1S/C16H12BrFS/c1-10-6-7-12(14(18)8-10)16(17)13-9-19-15-5-3-2-4-11(13)15/h2-9,16H,1H3. The highest BCUT2D eigenvalue weighted by atomic mass is 79.9. The SMILES string of the molecule is Cc1ccc(C(Br)c2csc3ccccc23)c(F)c1. The quantitative estimate of drug-likeness (QED) is 0.517. The van der Waals surface area contributed by atoms with Crippen molar-refractivity contribution in [2.24, 2.45) is 0 Å². The fourth-order valence-electron chi connectivity index (χ4n) is 2.20. The van der Waals surface area contributed by atoms with Crippen molar-refractivity contribution in [1.82, 2.24) is 0 Å². The summed E-state index contributed by atoms with van der Waals surface area (Å²) in [5.74, 6) is -0.155. The lowest BCUT2D eigenvalue weighted by Crippen LogP contribution is -1.96. The normalized spacial score (nSPS) is 12.8. The molecule has 0 aliphatic heterocycles. The summed E-state index contributed by atoms with van der Waals surface area (Å²) in [4.78, 5) is -0.107. The summed E-state index contributed by atoms with van der Waals surface area (Å²) < 4.78 is 15.3. The summed E-state index contributed by atoms with van der Waals surface area (Å²) in [5.41, 5.74) is 2.76. The molecule has 96 valence electrons. The summed E-state index contributed by atoms with van der Waals surface area (Å²) in [7, 11) is 0. The smallest absolute Gasteiger partial charge is 0.128 e. The van der Waals surface area contributed by atoms with Gasteiger partial charge in [-0.05, 0) is 40.9 Å².